The van der Waals surface area contributed by atoms with Crippen LogP contribution in [0.5, 0.6) is 0 Å². The van der Waals surface area contributed by atoms with Crippen molar-refractivity contribution < 1.29 is 28.3 Å². The first-order valence-electron chi connectivity index (χ1n) is 8.56. The summed E-state index contributed by atoms with van der Waals surface area (Å²) in [6.45, 7) is 5.14. The Balaban J connectivity index is 1.87. The largest absolute Gasteiger partial charge is 0.468 e. The number of amides is 2. The number of ether oxygens (including phenoxy) is 2. The molecule has 0 fully saturated rings. The molecule has 0 radical (unpaired) electrons. The monoisotopic (exact) mass is 422 g/mol. The predicted molar refractivity (Wildman–Crippen MR) is 105 cm³/mol. The summed E-state index contributed by atoms with van der Waals surface area (Å²) in [5.41, 5.74) is 0.617. The molecule has 0 unspecified atom stereocenters. The topological polar surface area (TPSA) is 133 Å². The van der Waals surface area contributed by atoms with E-state index in [1.807, 2.05) is 0 Å². The molecule has 0 aliphatic heterocycles. The maximum atomic E-state index is 11.8. The maximum absolute atomic E-state index is 11.8. The first-order valence-corrected chi connectivity index (χ1v) is 9.55. The van der Waals surface area contributed by atoms with Gasteiger partial charge in [-0.25, -0.2) is 4.79 Å². The van der Waals surface area contributed by atoms with Crippen molar-refractivity contribution in [1.82, 2.24) is 15.5 Å². The Morgan fingerprint density at radius 1 is 1.14 bits per heavy atom. The number of methoxy groups -OCH3 is 1. The van der Waals surface area contributed by atoms with Crippen LogP contribution in [0.3, 0.4) is 0 Å². The smallest absolute Gasteiger partial charge is 0.412 e. The van der Waals surface area contributed by atoms with Crippen molar-refractivity contribution in [2.24, 2.45) is 0 Å². The number of thioether (sulfide) groups is 1. The molecule has 2 N–H and O–H groups in total. The average molecular weight is 422 g/mol. The first-order chi connectivity index (χ1) is 13.7. The summed E-state index contributed by atoms with van der Waals surface area (Å²) in [5, 5.41) is 13.1. The zero-order valence-electron chi connectivity index (χ0n) is 16.5. The summed E-state index contributed by atoms with van der Waals surface area (Å²) in [6.07, 6.45) is -0.549. The van der Waals surface area contributed by atoms with Gasteiger partial charge in [-0.2, -0.15) is 0 Å². The Kier molecular flexibility index (Phi) is 7.59. The SMILES string of the molecule is COC(=O)CNC(=O)CSc1nnc(-c2ccc(NC(=O)OC(C)(C)C)cc2)o1. The lowest BCUT2D eigenvalue weighted by Gasteiger charge is -2.19. The molecule has 29 heavy (non-hydrogen) atoms. The molecule has 0 bridgehead atoms. The summed E-state index contributed by atoms with van der Waals surface area (Å²) in [6, 6.07) is 6.77. The molecule has 11 heteroatoms. The highest BCUT2D eigenvalue weighted by molar-refractivity contribution is 7.99. The minimum atomic E-state index is -0.585. The summed E-state index contributed by atoms with van der Waals surface area (Å²) < 4.78 is 15.1. The molecule has 156 valence electrons. The lowest BCUT2D eigenvalue weighted by Crippen LogP contribution is -2.31. The van der Waals surface area contributed by atoms with Crippen LogP contribution in [0.2, 0.25) is 0 Å². The van der Waals surface area contributed by atoms with Gasteiger partial charge in [0.1, 0.15) is 12.1 Å². The fourth-order valence-corrected chi connectivity index (χ4v) is 2.52. The molecular weight excluding hydrogens is 400 g/mol. The average Bonchev–Trinajstić information content (AvgIpc) is 3.12. The Bertz CT molecular complexity index is 860. The second-order valence-corrected chi connectivity index (χ2v) is 7.65. The summed E-state index contributed by atoms with van der Waals surface area (Å²) in [5.74, 6) is -0.616. The lowest BCUT2D eigenvalue weighted by molar-refractivity contribution is -0.140. The van der Waals surface area contributed by atoms with Gasteiger partial charge < -0.3 is 19.2 Å². The van der Waals surface area contributed by atoms with E-state index < -0.39 is 17.7 Å². The van der Waals surface area contributed by atoms with Crippen molar-refractivity contribution in [3.63, 3.8) is 0 Å². The molecule has 1 aromatic heterocycles. The van der Waals surface area contributed by atoms with Crippen molar-refractivity contribution in [3.8, 4) is 11.5 Å². The minimum Gasteiger partial charge on any atom is -0.468 e. The Hall–Kier alpha value is -3.08. The van der Waals surface area contributed by atoms with Crippen LogP contribution in [0.4, 0.5) is 10.5 Å². The Morgan fingerprint density at radius 3 is 2.45 bits per heavy atom. The van der Waals surface area contributed by atoms with Gasteiger partial charge in [-0.05, 0) is 45.0 Å². The quantitative estimate of drug-likeness (QED) is 0.510. The zero-order chi connectivity index (χ0) is 21.4. The van der Waals surface area contributed by atoms with Crippen molar-refractivity contribution >= 4 is 35.4 Å². The Labute approximate surface area is 171 Å². The van der Waals surface area contributed by atoms with Gasteiger partial charge in [-0.1, -0.05) is 11.8 Å². The number of anilines is 1. The van der Waals surface area contributed by atoms with Crippen LogP contribution in [0.15, 0.2) is 33.9 Å². The van der Waals surface area contributed by atoms with Gasteiger partial charge in [0.05, 0.1) is 12.9 Å². The number of carbonyl (C=O) groups is 3. The van der Waals surface area contributed by atoms with E-state index in [0.717, 1.165) is 11.8 Å². The number of carbonyl (C=O) groups excluding carboxylic acids is 3. The first kappa shape index (κ1) is 22.2. The second kappa shape index (κ2) is 9.92. The van der Waals surface area contributed by atoms with E-state index in [4.69, 9.17) is 9.15 Å². The van der Waals surface area contributed by atoms with E-state index in [1.165, 1.54) is 7.11 Å². The molecule has 0 atom stereocenters. The van der Waals surface area contributed by atoms with E-state index >= 15 is 0 Å². The summed E-state index contributed by atoms with van der Waals surface area (Å²) in [7, 11) is 1.24. The molecule has 1 heterocycles. The van der Waals surface area contributed by atoms with Crippen molar-refractivity contribution in [2.75, 3.05) is 24.7 Å². The highest BCUT2D eigenvalue weighted by Gasteiger charge is 2.16. The van der Waals surface area contributed by atoms with Gasteiger partial charge >= 0.3 is 12.1 Å². The minimum absolute atomic E-state index is 0.0113. The predicted octanol–water partition coefficient (Wildman–Crippen LogP) is 2.46. The normalized spacial score (nSPS) is 10.9. The fraction of sp³-hybridized carbons (Fsp3) is 0.389. The Morgan fingerprint density at radius 2 is 1.83 bits per heavy atom. The standard InChI is InChI=1S/C18H22N4O6S/c1-18(2,3)28-16(25)20-12-7-5-11(6-8-12)15-21-22-17(27-15)29-10-13(23)19-9-14(24)26-4/h5-8H,9-10H2,1-4H3,(H,19,23)(H,20,25). The molecule has 2 amide bonds. The molecule has 10 nitrogen and oxygen atoms in total. The van der Waals surface area contributed by atoms with Crippen LogP contribution in [0, 0.1) is 0 Å². The number of hydrogen-bond donors (Lipinski definition) is 2. The number of benzene rings is 1. The van der Waals surface area contributed by atoms with Crippen LogP contribution < -0.4 is 10.6 Å². The van der Waals surface area contributed by atoms with Gasteiger partial charge in [0.2, 0.25) is 11.8 Å². The lowest BCUT2D eigenvalue weighted by atomic mass is 10.2. The summed E-state index contributed by atoms with van der Waals surface area (Å²) in [4.78, 5) is 34.4. The van der Waals surface area contributed by atoms with Crippen molar-refractivity contribution in [3.05, 3.63) is 24.3 Å². The zero-order valence-corrected chi connectivity index (χ0v) is 17.3. The van der Waals surface area contributed by atoms with Gasteiger partial charge in [0.25, 0.3) is 5.22 Å². The van der Waals surface area contributed by atoms with Gasteiger partial charge in [-0.15, -0.1) is 10.2 Å². The number of rotatable bonds is 7. The molecule has 0 spiro atoms. The number of aromatic nitrogens is 2. The van der Waals surface area contributed by atoms with Crippen LogP contribution >= 0.6 is 11.8 Å². The van der Waals surface area contributed by atoms with Crippen LogP contribution in [-0.2, 0) is 19.1 Å². The van der Waals surface area contributed by atoms with E-state index in [0.29, 0.717) is 11.3 Å². The van der Waals surface area contributed by atoms with Crippen LogP contribution in [-0.4, -0.2) is 53.2 Å². The highest BCUT2D eigenvalue weighted by atomic mass is 32.2. The summed E-state index contributed by atoms with van der Waals surface area (Å²) >= 11 is 1.04. The number of nitrogens with zero attached hydrogens (tertiary/aromatic N) is 2. The van der Waals surface area contributed by atoms with E-state index in [9.17, 15) is 14.4 Å². The third kappa shape index (κ3) is 7.82. The number of hydrogen-bond acceptors (Lipinski definition) is 9. The number of nitrogens with one attached hydrogen (secondary N) is 2. The van der Waals surface area contributed by atoms with E-state index in [2.05, 4.69) is 25.6 Å². The molecule has 1 aromatic carbocycles. The van der Waals surface area contributed by atoms with Crippen molar-refractivity contribution in [1.29, 1.82) is 0 Å². The highest BCUT2D eigenvalue weighted by Crippen LogP contribution is 2.24. The van der Waals surface area contributed by atoms with Gasteiger partial charge in [-0.3, -0.25) is 14.9 Å². The fourth-order valence-electron chi connectivity index (χ4n) is 1.92. The molecule has 0 saturated heterocycles. The van der Waals surface area contributed by atoms with Gasteiger partial charge in [0.15, 0.2) is 0 Å². The van der Waals surface area contributed by atoms with E-state index in [1.54, 1.807) is 45.0 Å². The molecule has 0 aliphatic carbocycles. The van der Waals surface area contributed by atoms with Gasteiger partial charge in [0, 0.05) is 11.3 Å². The third-order valence-electron chi connectivity index (χ3n) is 3.17. The molecule has 0 saturated carbocycles. The van der Waals surface area contributed by atoms with Crippen LogP contribution in [0.1, 0.15) is 20.8 Å². The maximum Gasteiger partial charge on any atom is 0.412 e. The number of esters is 1. The second-order valence-electron chi connectivity index (χ2n) is 6.72. The van der Waals surface area contributed by atoms with E-state index in [-0.39, 0.29) is 29.3 Å². The van der Waals surface area contributed by atoms with Crippen LogP contribution in [0.25, 0.3) is 11.5 Å². The molecule has 2 aromatic rings. The molecule has 0 aliphatic rings. The van der Waals surface area contributed by atoms with Crippen molar-refractivity contribution in [2.45, 2.75) is 31.6 Å². The molecular formula is C18H22N4O6S. The molecule has 2 rings (SSSR count). The third-order valence-corrected chi connectivity index (χ3v) is 3.99.